The number of carbonyl (C=O) groups is 1. The minimum Gasteiger partial charge on any atom is -0.495 e. The number of anilines is 1. The summed E-state index contributed by atoms with van der Waals surface area (Å²) in [5, 5.41) is 7.00. The fourth-order valence-corrected chi connectivity index (χ4v) is 2.76. The van der Waals surface area contributed by atoms with Crippen LogP contribution in [0.25, 0.3) is 0 Å². The number of halogens is 2. The average Bonchev–Trinajstić information content (AvgIpc) is 2.50. The first-order valence-corrected chi connectivity index (χ1v) is 7.99. The summed E-state index contributed by atoms with van der Waals surface area (Å²) in [5.74, 6) is 0.702. The molecule has 1 aliphatic rings. The fourth-order valence-electron chi connectivity index (χ4n) is 2.26. The van der Waals surface area contributed by atoms with Crippen LogP contribution in [0.4, 0.5) is 5.69 Å². The Morgan fingerprint density at radius 2 is 2.14 bits per heavy atom. The first-order chi connectivity index (χ1) is 10.0. The van der Waals surface area contributed by atoms with E-state index in [0.717, 1.165) is 36.3 Å². The molecule has 0 spiro atoms. The van der Waals surface area contributed by atoms with E-state index in [0.29, 0.717) is 10.8 Å². The van der Waals surface area contributed by atoms with Crippen LogP contribution in [0.1, 0.15) is 6.92 Å². The maximum absolute atomic E-state index is 12.4. The van der Waals surface area contributed by atoms with Gasteiger partial charge in [0.05, 0.1) is 17.8 Å². The molecule has 1 aliphatic heterocycles. The second-order valence-corrected chi connectivity index (χ2v) is 6.17. The summed E-state index contributed by atoms with van der Waals surface area (Å²) in [6.45, 7) is 5.02. The Labute approximate surface area is 138 Å². The maximum Gasteiger partial charge on any atom is 0.244 e. The van der Waals surface area contributed by atoms with E-state index >= 15 is 0 Å². The van der Waals surface area contributed by atoms with Crippen LogP contribution < -0.4 is 15.4 Å². The number of benzene rings is 1. The van der Waals surface area contributed by atoms with E-state index in [-0.39, 0.29) is 11.9 Å². The molecule has 1 fully saturated rings. The predicted octanol–water partition coefficient (Wildman–Crippen LogP) is 2.34. The molecule has 116 valence electrons. The van der Waals surface area contributed by atoms with Gasteiger partial charge in [0.15, 0.2) is 0 Å². The zero-order valence-electron chi connectivity index (χ0n) is 12.1. The third-order valence-corrected chi connectivity index (χ3v) is 4.61. The highest BCUT2D eigenvalue weighted by Gasteiger charge is 2.23. The van der Waals surface area contributed by atoms with Crippen LogP contribution in [0, 0.1) is 0 Å². The number of amides is 1. The lowest BCUT2D eigenvalue weighted by Gasteiger charge is -2.30. The van der Waals surface area contributed by atoms with Crippen molar-refractivity contribution in [1.82, 2.24) is 10.2 Å². The number of nitrogens with one attached hydrogen (secondary N) is 2. The molecule has 0 aliphatic carbocycles. The van der Waals surface area contributed by atoms with Gasteiger partial charge in [-0.15, -0.1) is 0 Å². The molecule has 1 heterocycles. The zero-order valence-corrected chi connectivity index (χ0v) is 14.4. The molecular weight excluding hydrogens is 358 g/mol. The molecule has 1 aromatic rings. The van der Waals surface area contributed by atoms with Gasteiger partial charge >= 0.3 is 0 Å². The van der Waals surface area contributed by atoms with Crippen molar-refractivity contribution in [2.45, 2.75) is 13.0 Å². The fraction of sp³-hybridized carbons (Fsp3) is 0.500. The summed E-state index contributed by atoms with van der Waals surface area (Å²) >= 11 is 9.43. The van der Waals surface area contributed by atoms with Gasteiger partial charge in [0.25, 0.3) is 0 Å². The molecule has 2 rings (SSSR count). The Hall–Kier alpha value is -0.980. The first kappa shape index (κ1) is 16.4. The van der Waals surface area contributed by atoms with E-state index in [1.54, 1.807) is 13.2 Å². The number of piperazine rings is 1. The number of ether oxygens (including phenoxy) is 1. The molecule has 1 aromatic carbocycles. The molecule has 5 nitrogen and oxygen atoms in total. The number of rotatable bonds is 4. The standard InChI is InChI=1S/C14H19BrClN3O2/c1-9(14(20)19-5-3-17-4-6-19)18-12-7-10(15)11(16)8-13(12)21-2/h7-9,17-18H,3-6H2,1-2H3. The number of nitrogens with zero attached hydrogens (tertiary/aromatic N) is 1. The summed E-state index contributed by atoms with van der Waals surface area (Å²) in [6, 6.07) is 3.21. The quantitative estimate of drug-likeness (QED) is 0.847. The lowest BCUT2D eigenvalue weighted by Crippen LogP contribution is -2.50. The predicted molar refractivity (Wildman–Crippen MR) is 88.2 cm³/mol. The van der Waals surface area contributed by atoms with Gasteiger partial charge in [0.2, 0.25) is 5.91 Å². The van der Waals surface area contributed by atoms with Crippen LogP contribution in [-0.2, 0) is 4.79 Å². The molecular formula is C14H19BrClN3O2. The summed E-state index contributed by atoms with van der Waals surface area (Å²) in [4.78, 5) is 14.3. The Balaban J connectivity index is 2.09. The van der Waals surface area contributed by atoms with Crippen molar-refractivity contribution < 1.29 is 9.53 Å². The Kier molecular flexibility index (Phi) is 5.72. The van der Waals surface area contributed by atoms with E-state index in [9.17, 15) is 4.79 Å². The second kappa shape index (κ2) is 7.33. The second-order valence-electron chi connectivity index (χ2n) is 4.91. The van der Waals surface area contributed by atoms with Gasteiger partial charge < -0.3 is 20.3 Å². The normalized spacial score (nSPS) is 16.5. The van der Waals surface area contributed by atoms with Gasteiger partial charge in [0, 0.05) is 36.7 Å². The third kappa shape index (κ3) is 4.02. The molecule has 2 N–H and O–H groups in total. The number of carbonyl (C=O) groups excluding carboxylic acids is 1. The van der Waals surface area contributed by atoms with Crippen molar-refractivity contribution in [3.05, 3.63) is 21.6 Å². The molecule has 0 saturated carbocycles. The smallest absolute Gasteiger partial charge is 0.244 e. The summed E-state index contributed by atoms with van der Waals surface area (Å²) < 4.78 is 6.06. The number of hydrogen-bond acceptors (Lipinski definition) is 4. The molecule has 0 bridgehead atoms. The van der Waals surface area contributed by atoms with Crippen LogP contribution >= 0.6 is 27.5 Å². The molecule has 7 heteroatoms. The molecule has 1 amide bonds. The van der Waals surface area contributed by atoms with E-state index in [1.165, 1.54) is 0 Å². The largest absolute Gasteiger partial charge is 0.495 e. The van der Waals surface area contributed by atoms with Gasteiger partial charge in [-0.2, -0.15) is 0 Å². The highest BCUT2D eigenvalue weighted by molar-refractivity contribution is 9.10. The van der Waals surface area contributed by atoms with E-state index in [4.69, 9.17) is 16.3 Å². The number of hydrogen-bond donors (Lipinski definition) is 2. The lowest BCUT2D eigenvalue weighted by molar-refractivity contribution is -0.132. The van der Waals surface area contributed by atoms with Crippen molar-refractivity contribution >= 4 is 39.1 Å². The monoisotopic (exact) mass is 375 g/mol. The molecule has 1 unspecified atom stereocenters. The van der Waals surface area contributed by atoms with Crippen molar-refractivity contribution in [3.8, 4) is 5.75 Å². The van der Waals surface area contributed by atoms with Crippen molar-refractivity contribution in [2.75, 3.05) is 38.6 Å². The van der Waals surface area contributed by atoms with Gasteiger partial charge in [-0.1, -0.05) is 11.6 Å². The zero-order chi connectivity index (χ0) is 15.4. The van der Waals surface area contributed by atoms with E-state index < -0.39 is 0 Å². The van der Waals surface area contributed by atoms with Crippen LogP contribution in [0.2, 0.25) is 5.02 Å². The highest BCUT2D eigenvalue weighted by Crippen LogP contribution is 2.34. The van der Waals surface area contributed by atoms with Crippen molar-refractivity contribution in [1.29, 1.82) is 0 Å². The van der Waals surface area contributed by atoms with Crippen LogP contribution in [0.5, 0.6) is 5.75 Å². The molecule has 21 heavy (non-hydrogen) atoms. The summed E-state index contributed by atoms with van der Waals surface area (Å²) in [5.41, 5.74) is 0.741. The third-order valence-electron chi connectivity index (χ3n) is 3.41. The summed E-state index contributed by atoms with van der Waals surface area (Å²) in [6.07, 6.45) is 0. The van der Waals surface area contributed by atoms with Gasteiger partial charge in [-0.3, -0.25) is 4.79 Å². The Bertz CT molecular complexity index is 521. The maximum atomic E-state index is 12.4. The Morgan fingerprint density at radius 1 is 1.48 bits per heavy atom. The minimum absolute atomic E-state index is 0.0876. The van der Waals surface area contributed by atoms with Gasteiger partial charge in [-0.05, 0) is 28.9 Å². The first-order valence-electron chi connectivity index (χ1n) is 6.82. The molecule has 1 saturated heterocycles. The highest BCUT2D eigenvalue weighted by atomic mass is 79.9. The van der Waals surface area contributed by atoms with Crippen molar-refractivity contribution in [2.24, 2.45) is 0 Å². The van der Waals surface area contributed by atoms with Crippen molar-refractivity contribution in [3.63, 3.8) is 0 Å². The van der Waals surface area contributed by atoms with Crippen LogP contribution in [0.3, 0.4) is 0 Å². The lowest BCUT2D eigenvalue weighted by atomic mass is 10.2. The number of methoxy groups -OCH3 is 1. The topological polar surface area (TPSA) is 53.6 Å². The van der Waals surface area contributed by atoms with Crippen LogP contribution in [0.15, 0.2) is 16.6 Å². The van der Waals surface area contributed by atoms with Gasteiger partial charge in [0.1, 0.15) is 11.8 Å². The van der Waals surface area contributed by atoms with Gasteiger partial charge in [-0.25, -0.2) is 0 Å². The SMILES string of the molecule is COc1cc(Cl)c(Br)cc1NC(C)C(=O)N1CCNCC1. The van der Waals surface area contributed by atoms with E-state index in [1.807, 2.05) is 17.9 Å². The van der Waals surface area contributed by atoms with Crippen LogP contribution in [-0.4, -0.2) is 50.1 Å². The molecule has 1 atom stereocenters. The van der Waals surface area contributed by atoms with E-state index in [2.05, 4.69) is 26.6 Å². The summed E-state index contributed by atoms with van der Waals surface area (Å²) in [7, 11) is 1.58. The minimum atomic E-state index is -0.329. The molecule has 0 aromatic heterocycles. The average molecular weight is 377 g/mol. The Morgan fingerprint density at radius 3 is 2.76 bits per heavy atom. The molecule has 0 radical (unpaired) electrons.